The Balaban J connectivity index is 2.75. The number of aromatic nitrogens is 1. The fraction of sp³-hybridized carbons (Fsp3) is 0.350. The van der Waals surface area contributed by atoms with Crippen LogP contribution in [-0.4, -0.2) is 41.2 Å². The fourth-order valence-corrected chi connectivity index (χ4v) is 2.86. The van der Waals surface area contributed by atoms with E-state index in [1.54, 1.807) is 13.8 Å². The minimum absolute atomic E-state index is 0.00243. The summed E-state index contributed by atoms with van der Waals surface area (Å²) >= 11 is 0. The minimum Gasteiger partial charge on any atom is -0.506 e. The number of aryl methyl sites for hydroxylation is 1. The molecule has 1 aromatic heterocycles. The first-order valence-electron chi connectivity index (χ1n) is 9.12. The van der Waals surface area contributed by atoms with Crippen molar-refractivity contribution in [3.8, 4) is 5.75 Å². The minimum atomic E-state index is -4.68. The van der Waals surface area contributed by atoms with E-state index < -0.39 is 34.7 Å². The molecule has 0 radical (unpaired) electrons. The van der Waals surface area contributed by atoms with Crippen LogP contribution in [0.25, 0.3) is 10.9 Å². The van der Waals surface area contributed by atoms with E-state index >= 15 is 0 Å². The lowest BCUT2D eigenvalue weighted by atomic mass is 10.1. The molecule has 0 fully saturated rings. The predicted molar refractivity (Wildman–Crippen MR) is 108 cm³/mol. The maximum absolute atomic E-state index is 13.3. The molecule has 0 aliphatic carbocycles. The van der Waals surface area contributed by atoms with E-state index in [0.29, 0.717) is 6.42 Å². The van der Waals surface area contributed by atoms with Crippen LogP contribution in [0.5, 0.6) is 5.75 Å². The molecular weight excluding hydrogens is 403 g/mol. The van der Waals surface area contributed by atoms with Crippen molar-refractivity contribution in [1.82, 2.24) is 4.57 Å². The SMILES string of the molecule is CC/C=C\C(=N/N(C)c1cccc2c(O)c(C(=O)OCC)c(=O)n(C)c12)C(F)(F)F. The summed E-state index contributed by atoms with van der Waals surface area (Å²) in [6, 6.07) is 4.36. The Hall–Kier alpha value is -3.30. The number of allylic oxidation sites excluding steroid dienone is 2. The van der Waals surface area contributed by atoms with Crippen LogP contribution < -0.4 is 10.6 Å². The molecule has 1 heterocycles. The van der Waals surface area contributed by atoms with Gasteiger partial charge in [0.25, 0.3) is 5.56 Å². The van der Waals surface area contributed by atoms with Crippen LogP contribution in [0.1, 0.15) is 30.6 Å². The van der Waals surface area contributed by atoms with Gasteiger partial charge in [-0.1, -0.05) is 19.1 Å². The lowest BCUT2D eigenvalue weighted by Crippen LogP contribution is -2.28. The number of aromatic hydroxyl groups is 1. The number of benzene rings is 1. The molecule has 162 valence electrons. The molecule has 0 saturated carbocycles. The van der Waals surface area contributed by atoms with Gasteiger partial charge in [0.2, 0.25) is 0 Å². The summed E-state index contributed by atoms with van der Waals surface area (Å²) in [6.45, 7) is 3.25. The number of carbonyl (C=O) groups excluding carboxylic acids is 1. The Labute approximate surface area is 170 Å². The molecule has 0 saturated heterocycles. The summed E-state index contributed by atoms with van der Waals surface area (Å²) in [4.78, 5) is 24.8. The molecule has 0 atom stereocenters. The van der Waals surface area contributed by atoms with Gasteiger partial charge >= 0.3 is 12.1 Å². The molecule has 30 heavy (non-hydrogen) atoms. The van der Waals surface area contributed by atoms with Gasteiger partial charge < -0.3 is 14.4 Å². The zero-order valence-corrected chi connectivity index (χ0v) is 16.9. The normalized spacial score (nSPS) is 12.6. The van der Waals surface area contributed by atoms with E-state index in [2.05, 4.69) is 5.10 Å². The molecule has 0 unspecified atom stereocenters. The molecule has 0 spiro atoms. The number of ether oxygens (including phenoxy) is 1. The van der Waals surface area contributed by atoms with Crippen molar-refractivity contribution in [3.63, 3.8) is 0 Å². The second kappa shape index (κ2) is 9.02. The van der Waals surface area contributed by atoms with E-state index in [1.807, 2.05) is 0 Å². The molecule has 10 heteroatoms. The first-order valence-corrected chi connectivity index (χ1v) is 9.12. The monoisotopic (exact) mass is 425 g/mol. The Bertz CT molecular complexity index is 1070. The van der Waals surface area contributed by atoms with Crippen LogP contribution in [0.3, 0.4) is 0 Å². The number of nitrogens with zero attached hydrogens (tertiary/aromatic N) is 3. The Kier molecular flexibility index (Phi) is 6.91. The van der Waals surface area contributed by atoms with Gasteiger partial charge in [0.1, 0.15) is 5.75 Å². The Morgan fingerprint density at radius 3 is 2.57 bits per heavy atom. The largest absolute Gasteiger partial charge is 0.506 e. The van der Waals surface area contributed by atoms with Crippen LogP contribution in [0.2, 0.25) is 0 Å². The number of para-hydroxylation sites is 1. The summed E-state index contributed by atoms with van der Waals surface area (Å²) in [7, 11) is 2.64. The lowest BCUT2D eigenvalue weighted by molar-refractivity contribution is -0.0579. The summed E-state index contributed by atoms with van der Waals surface area (Å²) in [5.41, 5.74) is -2.27. The van der Waals surface area contributed by atoms with Crippen LogP contribution >= 0.6 is 0 Å². The number of fused-ring (bicyclic) bond motifs is 1. The summed E-state index contributed by atoms with van der Waals surface area (Å²) in [5, 5.41) is 15.2. The highest BCUT2D eigenvalue weighted by Gasteiger charge is 2.34. The molecule has 0 amide bonds. The molecule has 1 N–H and O–H groups in total. The first-order chi connectivity index (χ1) is 14.0. The van der Waals surface area contributed by atoms with Crippen molar-refractivity contribution >= 4 is 28.3 Å². The fourth-order valence-electron chi connectivity index (χ4n) is 2.86. The zero-order valence-electron chi connectivity index (χ0n) is 16.9. The molecule has 2 aromatic rings. The van der Waals surface area contributed by atoms with Crippen molar-refractivity contribution in [1.29, 1.82) is 0 Å². The van der Waals surface area contributed by atoms with Crippen LogP contribution in [-0.2, 0) is 11.8 Å². The van der Waals surface area contributed by atoms with E-state index in [4.69, 9.17) is 4.74 Å². The zero-order chi connectivity index (χ0) is 22.6. The second-order valence-electron chi connectivity index (χ2n) is 6.30. The van der Waals surface area contributed by atoms with E-state index in [9.17, 15) is 27.9 Å². The molecule has 2 rings (SSSR count). The number of hydrogen-bond acceptors (Lipinski definition) is 6. The van der Waals surface area contributed by atoms with Gasteiger partial charge in [-0.25, -0.2) is 4.79 Å². The molecule has 1 aromatic carbocycles. The summed E-state index contributed by atoms with van der Waals surface area (Å²) < 4.78 is 45.8. The number of hydrazone groups is 1. The third kappa shape index (κ3) is 4.47. The number of anilines is 1. The topological polar surface area (TPSA) is 84.1 Å². The standard InChI is InChI=1S/C20H22F3N3O4/c1-5-7-11-14(20(21,22)23)24-26(4)13-10-8-9-12-16(13)25(3)18(28)15(17(12)27)19(29)30-6-2/h7-11,27H,5-6H2,1-4H3/b11-7-,24-14+. The van der Waals surface area contributed by atoms with Gasteiger partial charge in [-0.05, 0) is 31.6 Å². The number of esters is 1. The number of rotatable bonds is 6. The van der Waals surface area contributed by atoms with Crippen molar-refractivity contribution in [2.75, 3.05) is 18.7 Å². The van der Waals surface area contributed by atoms with Gasteiger partial charge in [0, 0.05) is 19.5 Å². The third-order valence-corrected chi connectivity index (χ3v) is 4.25. The van der Waals surface area contributed by atoms with Crippen LogP contribution in [0.4, 0.5) is 18.9 Å². The highest BCUT2D eigenvalue weighted by molar-refractivity contribution is 6.04. The number of hydrogen-bond donors (Lipinski definition) is 1. The van der Waals surface area contributed by atoms with E-state index in [0.717, 1.165) is 15.7 Å². The lowest BCUT2D eigenvalue weighted by Gasteiger charge is -2.20. The third-order valence-electron chi connectivity index (χ3n) is 4.25. The van der Waals surface area contributed by atoms with Crippen molar-refractivity contribution in [2.45, 2.75) is 26.4 Å². The van der Waals surface area contributed by atoms with Crippen molar-refractivity contribution in [3.05, 3.63) is 46.3 Å². The maximum Gasteiger partial charge on any atom is 0.435 e. The van der Waals surface area contributed by atoms with Crippen molar-refractivity contribution in [2.24, 2.45) is 12.1 Å². The first kappa shape index (κ1) is 23.0. The van der Waals surface area contributed by atoms with E-state index in [1.165, 1.54) is 38.4 Å². The average Bonchev–Trinajstić information content (AvgIpc) is 2.68. The summed E-state index contributed by atoms with van der Waals surface area (Å²) in [5.74, 6) is -1.59. The van der Waals surface area contributed by atoms with Gasteiger partial charge in [-0.2, -0.15) is 18.3 Å². The maximum atomic E-state index is 13.3. The predicted octanol–water partition coefficient (Wildman–Crippen LogP) is 3.74. The van der Waals surface area contributed by atoms with Gasteiger partial charge in [0.05, 0.1) is 17.8 Å². The highest BCUT2D eigenvalue weighted by atomic mass is 19.4. The van der Waals surface area contributed by atoms with Gasteiger partial charge in [-0.3, -0.25) is 9.80 Å². The smallest absolute Gasteiger partial charge is 0.435 e. The van der Waals surface area contributed by atoms with Crippen molar-refractivity contribution < 1.29 is 27.8 Å². The number of pyridine rings is 1. The Morgan fingerprint density at radius 2 is 2.00 bits per heavy atom. The second-order valence-corrected chi connectivity index (χ2v) is 6.30. The average molecular weight is 425 g/mol. The summed E-state index contributed by atoms with van der Waals surface area (Å²) in [6.07, 6.45) is -2.09. The number of halogens is 3. The number of alkyl halides is 3. The molecular formula is C20H22F3N3O4. The molecule has 0 aliphatic rings. The van der Waals surface area contributed by atoms with Crippen LogP contribution in [0, 0.1) is 0 Å². The highest BCUT2D eigenvalue weighted by Crippen LogP contribution is 2.33. The van der Waals surface area contributed by atoms with E-state index in [-0.39, 0.29) is 23.2 Å². The molecule has 0 bridgehead atoms. The van der Waals surface area contributed by atoms with Gasteiger partial charge in [0.15, 0.2) is 11.3 Å². The quantitative estimate of drug-likeness (QED) is 0.433. The Morgan fingerprint density at radius 1 is 1.33 bits per heavy atom. The number of carbonyl (C=O) groups is 1. The molecule has 0 aliphatic heterocycles. The van der Waals surface area contributed by atoms with Crippen LogP contribution in [0.15, 0.2) is 40.2 Å². The molecule has 7 nitrogen and oxygen atoms in total. The van der Waals surface area contributed by atoms with Gasteiger partial charge in [-0.15, -0.1) is 0 Å².